The zero-order valence-electron chi connectivity index (χ0n) is 8.59. The first-order valence-electron chi connectivity index (χ1n) is 4.44. The summed E-state index contributed by atoms with van der Waals surface area (Å²) in [5.74, 6) is 0.178. The minimum atomic E-state index is -0.306. The molecule has 0 fully saturated rings. The topological polar surface area (TPSA) is 77.8 Å². The lowest BCUT2D eigenvalue weighted by molar-refractivity contribution is 0.0790. The highest BCUT2D eigenvalue weighted by atomic mass is 16.3. The van der Waals surface area contributed by atoms with Crippen LogP contribution in [0.25, 0.3) is 0 Å². The molecule has 2 atom stereocenters. The summed E-state index contributed by atoms with van der Waals surface area (Å²) in [6.45, 7) is 7.96. The Labute approximate surface area is 75.3 Å². The summed E-state index contributed by atoms with van der Waals surface area (Å²) < 4.78 is 0. The Balaban J connectivity index is 0. The van der Waals surface area contributed by atoms with Crippen molar-refractivity contribution < 1.29 is 10.6 Å². The van der Waals surface area contributed by atoms with Gasteiger partial charge in [0.1, 0.15) is 0 Å². The fraction of sp³-hybridized carbons (Fsp3) is 1.00. The molecule has 0 saturated heterocycles. The van der Waals surface area contributed by atoms with Gasteiger partial charge in [0.2, 0.25) is 0 Å². The lowest BCUT2D eigenvalue weighted by Crippen LogP contribution is -2.48. The molecule has 76 valence electrons. The molecular formula is C9H23NO2. The monoisotopic (exact) mass is 177 g/mol. The van der Waals surface area contributed by atoms with Crippen molar-refractivity contribution in [2.24, 2.45) is 11.7 Å². The summed E-state index contributed by atoms with van der Waals surface area (Å²) in [4.78, 5) is 0. The average molecular weight is 177 g/mol. The van der Waals surface area contributed by atoms with Crippen LogP contribution in [0.1, 0.15) is 40.5 Å². The van der Waals surface area contributed by atoms with Crippen LogP contribution >= 0.6 is 0 Å². The van der Waals surface area contributed by atoms with Crippen LogP contribution in [0.15, 0.2) is 0 Å². The molecule has 0 aromatic heterocycles. The standard InChI is InChI=1S/C9H21NO.H2O/c1-5-9(10,6-2)7(3)8(4)11;/h7-8,11H,5-6,10H2,1-4H3;1H2. The number of rotatable bonds is 4. The van der Waals surface area contributed by atoms with Crippen molar-refractivity contribution >= 4 is 0 Å². The zero-order valence-corrected chi connectivity index (χ0v) is 8.59. The summed E-state index contributed by atoms with van der Waals surface area (Å²) in [6, 6.07) is 0. The van der Waals surface area contributed by atoms with Crippen molar-refractivity contribution in [2.45, 2.75) is 52.2 Å². The first-order chi connectivity index (χ1) is 4.98. The average Bonchev–Trinajstić information content (AvgIpc) is 2.01. The molecule has 0 heterocycles. The highest BCUT2D eigenvalue weighted by Gasteiger charge is 2.30. The van der Waals surface area contributed by atoms with Gasteiger partial charge in [0.15, 0.2) is 0 Å². The van der Waals surface area contributed by atoms with Gasteiger partial charge in [0.25, 0.3) is 0 Å². The van der Waals surface area contributed by atoms with E-state index in [1.165, 1.54) is 0 Å². The predicted octanol–water partition coefficient (Wildman–Crippen LogP) is 0.696. The Hall–Kier alpha value is -0.120. The minimum absolute atomic E-state index is 0. The second kappa shape index (κ2) is 5.51. The van der Waals surface area contributed by atoms with E-state index in [9.17, 15) is 5.11 Å². The van der Waals surface area contributed by atoms with Gasteiger partial charge in [0, 0.05) is 5.54 Å². The van der Waals surface area contributed by atoms with Crippen LogP contribution < -0.4 is 5.73 Å². The maximum Gasteiger partial charge on any atom is 0.0555 e. The third-order valence-corrected chi connectivity index (χ3v) is 2.95. The normalized spacial score (nSPS) is 16.5. The van der Waals surface area contributed by atoms with Gasteiger partial charge in [-0.25, -0.2) is 0 Å². The van der Waals surface area contributed by atoms with E-state index in [1.807, 2.05) is 6.92 Å². The Morgan fingerprint density at radius 2 is 1.58 bits per heavy atom. The fourth-order valence-electron chi connectivity index (χ4n) is 1.37. The van der Waals surface area contributed by atoms with Crippen molar-refractivity contribution in [1.82, 2.24) is 0 Å². The highest BCUT2D eigenvalue weighted by molar-refractivity contribution is 4.88. The molecule has 0 aromatic carbocycles. The number of hydrogen-bond acceptors (Lipinski definition) is 2. The Morgan fingerprint density at radius 1 is 1.25 bits per heavy atom. The van der Waals surface area contributed by atoms with E-state index in [-0.39, 0.29) is 23.0 Å². The third kappa shape index (κ3) is 3.09. The lowest BCUT2D eigenvalue weighted by Gasteiger charge is -2.35. The van der Waals surface area contributed by atoms with Gasteiger partial charge in [-0.3, -0.25) is 0 Å². The summed E-state index contributed by atoms with van der Waals surface area (Å²) in [6.07, 6.45) is 1.55. The molecule has 2 unspecified atom stereocenters. The van der Waals surface area contributed by atoms with Gasteiger partial charge in [-0.2, -0.15) is 0 Å². The molecular weight excluding hydrogens is 154 g/mol. The number of aliphatic hydroxyl groups excluding tert-OH is 1. The molecule has 0 aromatic rings. The van der Waals surface area contributed by atoms with Crippen LogP contribution in [0.4, 0.5) is 0 Å². The SMILES string of the molecule is CCC(N)(CC)C(C)C(C)O.O. The number of nitrogens with two attached hydrogens (primary N) is 1. The Kier molecular flexibility index (Phi) is 6.62. The predicted molar refractivity (Wildman–Crippen MR) is 52.0 cm³/mol. The quantitative estimate of drug-likeness (QED) is 0.663. The van der Waals surface area contributed by atoms with E-state index >= 15 is 0 Å². The summed E-state index contributed by atoms with van der Waals surface area (Å²) in [5.41, 5.74) is 5.89. The van der Waals surface area contributed by atoms with Crippen LogP contribution in [-0.2, 0) is 0 Å². The van der Waals surface area contributed by atoms with Crippen LogP contribution in [-0.4, -0.2) is 22.2 Å². The van der Waals surface area contributed by atoms with E-state index < -0.39 is 0 Å². The molecule has 5 N–H and O–H groups in total. The molecule has 0 aliphatic rings. The largest absolute Gasteiger partial charge is 0.412 e. The van der Waals surface area contributed by atoms with Gasteiger partial charge >= 0.3 is 0 Å². The Bertz CT molecular complexity index is 111. The van der Waals surface area contributed by atoms with Crippen LogP contribution in [0, 0.1) is 5.92 Å². The second-order valence-electron chi connectivity index (χ2n) is 3.47. The van der Waals surface area contributed by atoms with Gasteiger partial charge in [-0.1, -0.05) is 20.8 Å². The molecule has 0 spiro atoms. The highest BCUT2D eigenvalue weighted by Crippen LogP contribution is 2.24. The van der Waals surface area contributed by atoms with Gasteiger partial charge in [-0.15, -0.1) is 0 Å². The second-order valence-corrected chi connectivity index (χ2v) is 3.47. The third-order valence-electron chi connectivity index (χ3n) is 2.95. The Morgan fingerprint density at radius 3 is 1.67 bits per heavy atom. The smallest absolute Gasteiger partial charge is 0.0555 e. The summed E-state index contributed by atoms with van der Waals surface area (Å²) in [7, 11) is 0. The van der Waals surface area contributed by atoms with Crippen molar-refractivity contribution in [3.63, 3.8) is 0 Å². The molecule has 0 aliphatic heterocycles. The van der Waals surface area contributed by atoms with E-state index in [2.05, 4.69) is 13.8 Å². The molecule has 0 amide bonds. The number of hydrogen-bond donors (Lipinski definition) is 2. The zero-order chi connectivity index (χ0) is 9.07. The van der Waals surface area contributed by atoms with Gasteiger partial charge in [-0.05, 0) is 25.7 Å². The van der Waals surface area contributed by atoms with Crippen molar-refractivity contribution in [3.05, 3.63) is 0 Å². The molecule has 0 saturated carbocycles. The molecule has 0 bridgehead atoms. The molecule has 0 aliphatic carbocycles. The maximum absolute atomic E-state index is 9.34. The van der Waals surface area contributed by atoms with Crippen molar-refractivity contribution in [2.75, 3.05) is 0 Å². The molecule has 3 heteroatoms. The van der Waals surface area contributed by atoms with Gasteiger partial charge < -0.3 is 16.3 Å². The first-order valence-corrected chi connectivity index (χ1v) is 4.44. The van der Waals surface area contributed by atoms with Crippen LogP contribution in [0.3, 0.4) is 0 Å². The summed E-state index contributed by atoms with van der Waals surface area (Å²) >= 11 is 0. The first kappa shape index (κ1) is 14.4. The fourth-order valence-corrected chi connectivity index (χ4v) is 1.37. The maximum atomic E-state index is 9.34. The minimum Gasteiger partial charge on any atom is -0.412 e. The molecule has 12 heavy (non-hydrogen) atoms. The van der Waals surface area contributed by atoms with E-state index in [0.29, 0.717) is 0 Å². The van der Waals surface area contributed by atoms with E-state index in [4.69, 9.17) is 5.73 Å². The number of aliphatic hydroxyl groups is 1. The van der Waals surface area contributed by atoms with E-state index in [0.717, 1.165) is 12.8 Å². The van der Waals surface area contributed by atoms with Crippen molar-refractivity contribution in [1.29, 1.82) is 0 Å². The van der Waals surface area contributed by atoms with Crippen LogP contribution in [0.2, 0.25) is 0 Å². The molecule has 0 radical (unpaired) electrons. The lowest BCUT2D eigenvalue weighted by atomic mass is 9.79. The van der Waals surface area contributed by atoms with Gasteiger partial charge in [0.05, 0.1) is 6.10 Å². The molecule has 0 rings (SSSR count). The van der Waals surface area contributed by atoms with E-state index in [1.54, 1.807) is 6.92 Å². The summed E-state index contributed by atoms with van der Waals surface area (Å²) in [5, 5.41) is 9.34. The van der Waals surface area contributed by atoms with Crippen LogP contribution in [0.5, 0.6) is 0 Å². The molecule has 3 nitrogen and oxygen atoms in total. The van der Waals surface area contributed by atoms with Crippen molar-refractivity contribution in [3.8, 4) is 0 Å².